The second kappa shape index (κ2) is 6.48. The standard InChI is InChI=1S/C15H25N7/c1-10(2)8-22-9-19-12-13(16)20-15(21-14(12)22)18-7-11-3-5-17-6-4-11/h9-11,17H,3-8H2,1-2H3,(H3,16,18,20,21). The SMILES string of the molecule is CC(C)Cn1cnc2c(N)nc(NCC3CCNCC3)nc21. The van der Waals surface area contributed by atoms with Gasteiger partial charge in [0, 0.05) is 13.1 Å². The Morgan fingerprint density at radius 2 is 2.14 bits per heavy atom. The molecule has 0 unspecified atom stereocenters. The third-order valence-corrected chi connectivity index (χ3v) is 4.06. The summed E-state index contributed by atoms with van der Waals surface area (Å²) in [7, 11) is 0. The first-order valence-corrected chi connectivity index (χ1v) is 8.06. The third-order valence-electron chi connectivity index (χ3n) is 4.06. The van der Waals surface area contributed by atoms with E-state index in [1.807, 2.05) is 4.57 Å². The second-order valence-electron chi connectivity index (χ2n) is 6.47. The van der Waals surface area contributed by atoms with Crippen molar-refractivity contribution in [2.75, 3.05) is 30.7 Å². The maximum absolute atomic E-state index is 6.03. The molecule has 0 amide bonds. The first kappa shape index (κ1) is 15.0. The zero-order chi connectivity index (χ0) is 15.5. The molecule has 4 N–H and O–H groups in total. The zero-order valence-electron chi connectivity index (χ0n) is 13.3. The monoisotopic (exact) mass is 303 g/mol. The number of anilines is 2. The number of hydrogen-bond donors (Lipinski definition) is 3. The summed E-state index contributed by atoms with van der Waals surface area (Å²) in [4.78, 5) is 13.3. The fraction of sp³-hybridized carbons (Fsp3) is 0.667. The number of nitrogens with two attached hydrogens (primary N) is 1. The Labute approximate surface area is 130 Å². The fourth-order valence-electron chi connectivity index (χ4n) is 2.89. The molecule has 0 aliphatic carbocycles. The van der Waals surface area contributed by atoms with Crippen LogP contribution in [-0.2, 0) is 6.54 Å². The molecule has 0 radical (unpaired) electrons. The first-order valence-electron chi connectivity index (χ1n) is 8.06. The van der Waals surface area contributed by atoms with E-state index in [1.54, 1.807) is 6.33 Å². The van der Waals surface area contributed by atoms with Crippen molar-refractivity contribution in [3.05, 3.63) is 6.33 Å². The number of fused-ring (bicyclic) bond motifs is 1. The van der Waals surface area contributed by atoms with Crippen molar-refractivity contribution in [1.29, 1.82) is 0 Å². The van der Waals surface area contributed by atoms with Crippen LogP contribution in [0.1, 0.15) is 26.7 Å². The molecule has 1 aliphatic rings. The molecule has 0 aromatic carbocycles. The minimum atomic E-state index is 0.445. The summed E-state index contributed by atoms with van der Waals surface area (Å²) >= 11 is 0. The molecule has 120 valence electrons. The van der Waals surface area contributed by atoms with Gasteiger partial charge < -0.3 is 20.9 Å². The Morgan fingerprint density at radius 3 is 2.86 bits per heavy atom. The highest BCUT2D eigenvalue weighted by molar-refractivity contribution is 5.82. The van der Waals surface area contributed by atoms with Crippen LogP contribution in [-0.4, -0.2) is 39.2 Å². The van der Waals surface area contributed by atoms with E-state index in [4.69, 9.17) is 5.73 Å². The Kier molecular flexibility index (Phi) is 4.42. The molecule has 0 atom stereocenters. The average Bonchev–Trinajstić information content (AvgIpc) is 2.89. The van der Waals surface area contributed by atoms with E-state index >= 15 is 0 Å². The summed E-state index contributed by atoms with van der Waals surface area (Å²) in [6.07, 6.45) is 4.18. The van der Waals surface area contributed by atoms with Gasteiger partial charge in [0.25, 0.3) is 0 Å². The maximum atomic E-state index is 6.03. The van der Waals surface area contributed by atoms with E-state index in [1.165, 1.54) is 12.8 Å². The molecule has 2 aromatic heterocycles. The number of imidazole rings is 1. The van der Waals surface area contributed by atoms with Crippen molar-refractivity contribution in [2.24, 2.45) is 11.8 Å². The van der Waals surface area contributed by atoms with Gasteiger partial charge in [0.1, 0.15) is 5.52 Å². The van der Waals surface area contributed by atoms with E-state index in [2.05, 4.69) is 39.4 Å². The van der Waals surface area contributed by atoms with Crippen molar-refractivity contribution < 1.29 is 0 Å². The minimum absolute atomic E-state index is 0.445. The highest BCUT2D eigenvalue weighted by atomic mass is 15.2. The molecule has 22 heavy (non-hydrogen) atoms. The van der Waals surface area contributed by atoms with Gasteiger partial charge in [-0.2, -0.15) is 9.97 Å². The van der Waals surface area contributed by atoms with E-state index in [9.17, 15) is 0 Å². The maximum Gasteiger partial charge on any atom is 0.226 e. The molecule has 0 bridgehead atoms. The normalized spacial score (nSPS) is 16.5. The van der Waals surface area contributed by atoms with Gasteiger partial charge in [0.15, 0.2) is 11.5 Å². The molecular formula is C15H25N7. The quantitative estimate of drug-likeness (QED) is 0.774. The molecule has 3 heterocycles. The summed E-state index contributed by atoms with van der Waals surface area (Å²) < 4.78 is 2.05. The van der Waals surface area contributed by atoms with Crippen LogP contribution < -0.4 is 16.4 Å². The molecule has 2 aromatic rings. The van der Waals surface area contributed by atoms with Crippen molar-refractivity contribution in [1.82, 2.24) is 24.8 Å². The average molecular weight is 303 g/mol. The van der Waals surface area contributed by atoms with Gasteiger partial charge in [-0.05, 0) is 37.8 Å². The molecular weight excluding hydrogens is 278 g/mol. The highest BCUT2D eigenvalue weighted by Crippen LogP contribution is 2.20. The van der Waals surface area contributed by atoms with Crippen LogP contribution in [0.25, 0.3) is 11.2 Å². The summed E-state index contributed by atoms with van der Waals surface area (Å²) in [6.45, 7) is 8.30. The Hall–Kier alpha value is -1.89. The lowest BCUT2D eigenvalue weighted by Crippen LogP contribution is -2.31. The number of rotatable bonds is 5. The van der Waals surface area contributed by atoms with Crippen LogP contribution in [0.15, 0.2) is 6.33 Å². The predicted molar refractivity (Wildman–Crippen MR) is 88.7 cm³/mol. The predicted octanol–water partition coefficient (Wildman–Crippen LogP) is 1.48. The smallest absolute Gasteiger partial charge is 0.226 e. The van der Waals surface area contributed by atoms with Gasteiger partial charge in [-0.15, -0.1) is 0 Å². The van der Waals surface area contributed by atoms with Crippen LogP contribution in [0.5, 0.6) is 0 Å². The molecule has 3 rings (SSSR count). The number of hydrogen-bond acceptors (Lipinski definition) is 6. The lowest BCUT2D eigenvalue weighted by atomic mass is 9.98. The largest absolute Gasteiger partial charge is 0.382 e. The number of nitrogens with one attached hydrogen (secondary N) is 2. The molecule has 1 fully saturated rings. The Morgan fingerprint density at radius 1 is 1.36 bits per heavy atom. The van der Waals surface area contributed by atoms with Crippen LogP contribution >= 0.6 is 0 Å². The lowest BCUT2D eigenvalue weighted by molar-refractivity contribution is 0.389. The van der Waals surface area contributed by atoms with Crippen molar-refractivity contribution >= 4 is 22.9 Å². The first-order chi connectivity index (χ1) is 10.6. The minimum Gasteiger partial charge on any atom is -0.382 e. The topological polar surface area (TPSA) is 93.7 Å². The van der Waals surface area contributed by atoms with Gasteiger partial charge >= 0.3 is 0 Å². The van der Waals surface area contributed by atoms with Crippen LogP contribution in [0.4, 0.5) is 11.8 Å². The Balaban J connectivity index is 1.77. The number of piperidine rings is 1. The van der Waals surface area contributed by atoms with Crippen LogP contribution in [0.2, 0.25) is 0 Å². The molecule has 1 saturated heterocycles. The molecule has 7 heteroatoms. The third kappa shape index (κ3) is 3.30. The number of nitrogen functional groups attached to an aromatic ring is 1. The summed E-state index contributed by atoms with van der Waals surface area (Å²) in [5, 5.41) is 6.72. The summed E-state index contributed by atoms with van der Waals surface area (Å²) in [5.41, 5.74) is 7.53. The van der Waals surface area contributed by atoms with Gasteiger partial charge in [-0.25, -0.2) is 4.98 Å². The van der Waals surface area contributed by atoms with E-state index in [-0.39, 0.29) is 0 Å². The highest BCUT2D eigenvalue weighted by Gasteiger charge is 2.15. The number of nitrogens with zero attached hydrogens (tertiary/aromatic N) is 4. The summed E-state index contributed by atoms with van der Waals surface area (Å²) in [5.74, 6) is 2.25. The lowest BCUT2D eigenvalue weighted by Gasteiger charge is -2.22. The van der Waals surface area contributed by atoms with Crippen molar-refractivity contribution in [3.8, 4) is 0 Å². The summed E-state index contributed by atoms with van der Waals surface area (Å²) in [6, 6.07) is 0. The van der Waals surface area contributed by atoms with E-state index in [0.717, 1.165) is 31.8 Å². The van der Waals surface area contributed by atoms with Gasteiger partial charge in [-0.1, -0.05) is 13.8 Å². The molecule has 0 saturated carbocycles. The van der Waals surface area contributed by atoms with Crippen LogP contribution in [0.3, 0.4) is 0 Å². The molecule has 0 spiro atoms. The fourth-order valence-corrected chi connectivity index (χ4v) is 2.89. The van der Waals surface area contributed by atoms with Crippen LogP contribution in [0, 0.1) is 11.8 Å². The van der Waals surface area contributed by atoms with Gasteiger partial charge in [-0.3, -0.25) is 0 Å². The number of aromatic nitrogens is 4. The molecule has 1 aliphatic heterocycles. The second-order valence-corrected chi connectivity index (χ2v) is 6.47. The van der Waals surface area contributed by atoms with Gasteiger partial charge in [0.05, 0.1) is 6.33 Å². The van der Waals surface area contributed by atoms with E-state index in [0.29, 0.717) is 29.1 Å². The van der Waals surface area contributed by atoms with Crippen molar-refractivity contribution in [2.45, 2.75) is 33.2 Å². The zero-order valence-corrected chi connectivity index (χ0v) is 13.3. The van der Waals surface area contributed by atoms with E-state index < -0.39 is 0 Å². The van der Waals surface area contributed by atoms with Crippen molar-refractivity contribution in [3.63, 3.8) is 0 Å². The Bertz CT molecular complexity index is 628. The van der Waals surface area contributed by atoms with Gasteiger partial charge in [0.2, 0.25) is 5.95 Å². The molecule has 7 nitrogen and oxygen atoms in total.